The first-order chi connectivity index (χ1) is 6.23. The first-order valence-electron chi connectivity index (χ1n) is 5.32. The van der Waals surface area contributed by atoms with Crippen molar-refractivity contribution in [3.63, 3.8) is 0 Å². The fraction of sp³-hybridized carbons (Fsp3) is 1.00. The van der Waals surface area contributed by atoms with Crippen molar-refractivity contribution in [1.29, 1.82) is 0 Å². The van der Waals surface area contributed by atoms with E-state index >= 15 is 0 Å². The van der Waals surface area contributed by atoms with Gasteiger partial charge >= 0.3 is 0 Å². The third-order valence-corrected chi connectivity index (χ3v) is 3.50. The summed E-state index contributed by atoms with van der Waals surface area (Å²) in [6.07, 6.45) is 5.85. The number of rotatable bonds is 2. The molecule has 0 aromatic heterocycles. The molecule has 0 aromatic carbocycles. The fourth-order valence-electron chi connectivity index (χ4n) is 2.37. The molecule has 0 aromatic rings. The molecule has 1 atom stereocenters. The van der Waals surface area contributed by atoms with Gasteiger partial charge in [0.2, 0.25) is 0 Å². The summed E-state index contributed by atoms with van der Waals surface area (Å²) in [5.74, 6) is 0. The number of halogens is 1. The lowest BCUT2D eigenvalue weighted by atomic mass is 9.85. The van der Waals surface area contributed by atoms with Crippen molar-refractivity contribution in [2.45, 2.75) is 43.7 Å². The maximum absolute atomic E-state index is 12.7. The number of nitrogens with two attached hydrogens (primary N) is 1. The molecule has 2 rings (SSSR count). The van der Waals surface area contributed by atoms with Gasteiger partial charge in [0.1, 0.15) is 6.67 Å². The van der Waals surface area contributed by atoms with Gasteiger partial charge in [-0.3, -0.25) is 4.90 Å². The molecule has 0 spiro atoms. The zero-order valence-electron chi connectivity index (χ0n) is 8.14. The minimum atomic E-state index is -0.534. The highest BCUT2D eigenvalue weighted by Gasteiger charge is 2.36. The van der Waals surface area contributed by atoms with Gasteiger partial charge in [0.15, 0.2) is 0 Å². The lowest BCUT2D eigenvalue weighted by molar-refractivity contribution is 0.0548. The molecular formula is C10H19FN2. The molecule has 1 saturated heterocycles. The predicted molar refractivity (Wildman–Crippen MR) is 51.3 cm³/mol. The molecule has 1 aliphatic carbocycles. The monoisotopic (exact) mass is 186 g/mol. The van der Waals surface area contributed by atoms with E-state index in [4.69, 9.17) is 5.73 Å². The number of hydrogen-bond donors (Lipinski definition) is 1. The van der Waals surface area contributed by atoms with Gasteiger partial charge in [0, 0.05) is 12.6 Å². The Bertz CT molecular complexity index is 182. The van der Waals surface area contributed by atoms with Gasteiger partial charge in [0.05, 0.1) is 5.54 Å². The number of nitrogens with zero attached hydrogens (tertiary/aromatic N) is 1. The molecule has 76 valence electrons. The second kappa shape index (κ2) is 3.54. The third kappa shape index (κ3) is 1.86. The summed E-state index contributed by atoms with van der Waals surface area (Å²) in [6, 6.07) is 0.717. The van der Waals surface area contributed by atoms with E-state index in [0.29, 0.717) is 0 Å². The molecule has 13 heavy (non-hydrogen) atoms. The molecule has 1 aliphatic heterocycles. The van der Waals surface area contributed by atoms with Crippen molar-refractivity contribution in [2.75, 3.05) is 19.8 Å². The topological polar surface area (TPSA) is 29.3 Å². The van der Waals surface area contributed by atoms with Gasteiger partial charge < -0.3 is 5.73 Å². The zero-order chi connectivity index (χ0) is 9.31. The van der Waals surface area contributed by atoms with Gasteiger partial charge in [-0.05, 0) is 32.2 Å². The molecule has 1 saturated carbocycles. The molecule has 0 bridgehead atoms. The molecule has 2 aliphatic rings. The van der Waals surface area contributed by atoms with Crippen LogP contribution in [0.25, 0.3) is 0 Å². The first-order valence-corrected chi connectivity index (χ1v) is 5.32. The average Bonchev–Trinajstić information content (AvgIpc) is 2.01. The molecule has 3 heteroatoms. The van der Waals surface area contributed by atoms with Crippen LogP contribution in [0.4, 0.5) is 4.39 Å². The molecule has 2 N–H and O–H groups in total. The van der Waals surface area contributed by atoms with Crippen LogP contribution in [0.2, 0.25) is 0 Å². The second-order valence-electron chi connectivity index (χ2n) is 4.65. The van der Waals surface area contributed by atoms with E-state index in [1.54, 1.807) is 0 Å². The van der Waals surface area contributed by atoms with E-state index in [-0.39, 0.29) is 6.67 Å². The lowest BCUT2D eigenvalue weighted by Gasteiger charge is -2.45. The normalized spacial score (nSPS) is 37.4. The van der Waals surface area contributed by atoms with E-state index in [1.165, 1.54) is 19.3 Å². The largest absolute Gasteiger partial charge is 0.322 e. The van der Waals surface area contributed by atoms with Crippen molar-refractivity contribution in [2.24, 2.45) is 5.73 Å². The van der Waals surface area contributed by atoms with Crippen LogP contribution >= 0.6 is 0 Å². The highest BCUT2D eigenvalue weighted by Crippen LogP contribution is 2.29. The second-order valence-corrected chi connectivity index (χ2v) is 4.65. The summed E-state index contributed by atoms with van der Waals surface area (Å²) in [5.41, 5.74) is 5.41. The Morgan fingerprint density at radius 1 is 1.38 bits per heavy atom. The fourth-order valence-corrected chi connectivity index (χ4v) is 2.37. The van der Waals surface area contributed by atoms with Crippen molar-refractivity contribution in [1.82, 2.24) is 4.90 Å². The Hall–Kier alpha value is -0.150. The molecule has 1 heterocycles. The van der Waals surface area contributed by atoms with Crippen molar-refractivity contribution in [3.8, 4) is 0 Å². The Labute approximate surface area is 79.3 Å². The molecule has 0 radical (unpaired) electrons. The van der Waals surface area contributed by atoms with E-state index in [2.05, 4.69) is 4.90 Å². The van der Waals surface area contributed by atoms with Crippen LogP contribution in [-0.2, 0) is 0 Å². The van der Waals surface area contributed by atoms with Crippen LogP contribution in [-0.4, -0.2) is 36.2 Å². The van der Waals surface area contributed by atoms with Gasteiger partial charge in [0.25, 0.3) is 0 Å². The zero-order valence-corrected chi connectivity index (χ0v) is 8.14. The average molecular weight is 186 g/mol. The quantitative estimate of drug-likeness (QED) is 0.704. The minimum Gasteiger partial charge on any atom is -0.322 e. The highest BCUT2D eigenvalue weighted by atomic mass is 19.1. The van der Waals surface area contributed by atoms with Gasteiger partial charge in [-0.15, -0.1) is 0 Å². The number of likely N-dealkylation sites (tertiary alicyclic amines) is 1. The van der Waals surface area contributed by atoms with E-state index in [9.17, 15) is 4.39 Å². The van der Waals surface area contributed by atoms with Crippen LogP contribution in [0.5, 0.6) is 0 Å². The number of hydrogen-bond acceptors (Lipinski definition) is 2. The maximum atomic E-state index is 12.7. The SMILES string of the molecule is NC1(CF)CCCN(C2CCC2)C1. The van der Waals surface area contributed by atoms with E-state index < -0.39 is 5.54 Å². The van der Waals surface area contributed by atoms with Gasteiger partial charge in [-0.2, -0.15) is 0 Å². The van der Waals surface area contributed by atoms with Crippen molar-refractivity contribution >= 4 is 0 Å². The lowest BCUT2D eigenvalue weighted by Crippen LogP contribution is -2.59. The van der Waals surface area contributed by atoms with Crippen LogP contribution in [0.1, 0.15) is 32.1 Å². The number of piperidine rings is 1. The third-order valence-electron chi connectivity index (χ3n) is 3.50. The van der Waals surface area contributed by atoms with Gasteiger partial charge in [-0.1, -0.05) is 6.42 Å². The molecule has 0 amide bonds. The smallest absolute Gasteiger partial charge is 0.109 e. The minimum absolute atomic E-state index is 0.365. The van der Waals surface area contributed by atoms with Crippen LogP contribution in [0.15, 0.2) is 0 Å². The molecule has 2 nitrogen and oxygen atoms in total. The standard InChI is InChI=1S/C10H19FN2/c11-7-10(12)5-2-6-13(8-10)9-3-1-4-9/h9H,1-8,12H2. The maximum Gasteiger partial charge on any atom is 0.109 e. The Morgan fingerprint density at radius 2 is 2.15 bits per heavy atom. The number of alkyl halides is 1. The van der Waals surface area contributed by atoms with Crippen molar-refractivity contribution < 1.29 is 4.39 Å². The molecule has 2 fully saturated rings. The summed E-state index contributed by atoms with van der Waals surface area (Å²) in [5, 5.41) is 0. The van der Waals surface area contributed by atoms with Crippen molar-refractivity contribution in [3.05, 3.63) is 0 Å². The van der Waals surface area contributed by atoms with Crippen LogP contribution in [0.3, 0.4) is 0 Å². The summed E-state index contributed by atoms with van der Waals surface area (Å²) < 4.78 is 12.7. The Balaban J connectivity index is 1.91. The summed E-state index contributed by atoms with van der Waals surface area (Å²) in [6.45, 7) is 1.54. The van der Waals surface area contributed by atoms with Crippen LogP contribution in [0, 0.1) is 0 Å². The summed E-state index contributed by atoms with van der Waals surface area (Å²) >= 11 is 0. The molecular weight excluding hydrogens is 167 g/mol. The summed E-state index contributed by atoms with van der Waals surface area (Å²) in [4.78, 5) is 2.40. The first kappa shape index (κ1) is 9.41. The highest BCUT2D eigenvalue weighted by molar-refractivity contribution is 4.94. The Morgan fingerprint density at radius 3 is 2.69 bits per heavy atom. The van der Waals surface area contributed by atoms with E-state index in [0.717, 1.165) is 32.0 Å². The Kier molecular flexibility index (Phi) is 2.56. The molecule has 1 unspecified atom stereocenters. The van der Waals surface area contributed by atoms with Crippen LogP contribution < -0.4 is 5.73 Å². The van der Waals surface area contributed by atoms with Gasteiger partial charge in [-0.25, -0.2) is 4.39 Å². The van der Waals surface area contributed by atoms with E-state index in [1.807, 2.05) is 0 Å². The predicted octanol–water partition coefficient (Wildman–Crippen LogP) is 1.30. The summed E-state index contributed by atoms with van der Waals surface area (Å²) in [7, 11) is 0.